The van der Waals surface area contributed by atoms with Crippen LogP contribution in [0.15, 0.2) is 48.2 Å². The predicted molar refractivity (Wildman–Crippen MR) is 185 cm³/mol. The molecule has 7 rings (SSSR count). The molecule has 14 heteroatoms. The molecular formula is C35H37ClFN7O4S. The molecule has 11 nitrogen and oxygen atoms in total. The van der Waals surface area contributed by atoms with Crippen LogP contribution in [0.2, 0.25) is 5.02 Å². The van der Waals surface area contributed by atoms with Crippen LogP contribution in [0.5, 0.6) is 0 Å². The van der Waals surface area contributed by atoms with E-state index in [0.717, 1.165) is 30.8 Å². The van der Waals surface area contributed by atoms with Gasteiger partial charge in [0.1, 0.15) is 11.4 Å². The lowest BCUT2D eigenvalue weighted by atomic mass is 9.99. The highest BCUT2D eigenvalue weighted by Crippen LogP contribution is 2.39. The van der Waals surface area contributed by atoms with E-state index >= 15 is 4.39 Å². The first kappa shape index (κ1) is 33.0. The van der Waals surface area contributed by atoms with Crippen molar-refractivity contribution in [1.82, 2.24) is 24.3 Å². The van der Waals surface area contributed by atoms with E-state index in [1.807, 2.05) is 44.4 Å². The maximum Gasteiger partial charge on any atom is 0.410 e. The molecule has 0 radical (unpaired) electrons. The number of imidazole rings is 1. The van der Waals surface area contributed by atoms with Crippen molar-refractivity contribution in [3.63, 3.8) is 0 Å². The number of hydrogen-bond donors (Lipinski definition) is 1. The summed E-state index contributed by atoms with van der Waals surface area (Å²) >= 11 is 8.09. The van der Waals surface area contributed by atoms with Gasteiger partial charge in [-0.2, -0.15) is 0 Å². The lowest BCUT2D eigenvalue weighted by molar-refractivity contribution is -0.121. The molecule has 0 aliphatic carbocycles. The van der Waals surface area contributed by atoms with Gasteiger partial charge in [0.25, 0.3) is 11.8 Å². The van der Waals surface area contributed by atoms with Crippen LogP contribution in [0.25, 0.3) is 11.1 Å². The summed E-state index contributed by atoms with van der Waals surface area (Å²) in [5.41, 5.74) is 3.19. The second-order valence-electron chi connectivity index (χ2n) is 13.7. The zero-order chi connectivity index (χ0) is 34.6. The van der Waals surface area contributed by atoms with Gasteiger partial charge in [-0.1, -0.05) is 17.7 Å². The Labute approximate surface area is 292 Å². The molecule has 3 aliphatic heterocycles. The van der Waals surface area contributed by atoms with Crippen LogP contribution in [0.1, 0.15) is 67.5 Å². The first-order valence-corrected chi connectivity index (χ1v) is 17.6. The van der Waals surface area contributed by atoms with Crippen LogP contribution in [-0.4, -0.2) is 73.5 Å². The molecule has 1 N–H and O–H groups in total. The summed E-state index contributed by atoms with van der Waals surface area (Å²) in [7, 11) is 0. The normalized spacial score (nSPS) is 18.0. The SMILES string of the molecule is CC1CN(c2ccc(-c3cc(F)c4c(c3)C(=O)N([C@H](C(=O)Nc3nccs3)c3ncn5c3CCC5)C4)cc2Cl)CCN1C(=O)OC(C)(C)C. The number of amides is 3. The second-order valence-corrected chi connectivity index (χ2v) is 15.0. The average Bonchev–Trinajstić information content (AvgIpc) is 3.84. The smallest absolute Gasteiger partial charge is 0.410 e. The third kappa shape index (κ3) is 6.37. The topological polar surface area (TPSA) is 113 Å². The number of thiazole rings is 1. The Morgan fingerprint density at radius 3 is 2.65 bits per heavy atom. The van der Waals surface area contributed by atoms with Crippen molar-refractivity contribution in [3.8, 4) is 11.1 Å². The van der Waals surface area contributed by atoms with Gasteiger partial charge in [-0.25, -0.2) is 19.2 Å². The standard InChI is InChI=1S/C35H37ClFN7O4S/c1-20-17-41(11-12-43(20)34(47)48-35(2,3)4)27-8-7-21(15-25(27)36)22-14-23-24(26(37)16-22)18-44(32(23)46)30(31(45)40-33-38-9-13-49-33)29-28-6-5-10-42(28)19-39-29/h7-9,13-16,19-20,30H,5-6,10-12,17-18H2,1-4H3,(H,38,40,45)/t20?,30-/m0/s1. The van der Waals surface area contributed by atoms with Gasteiger partial charge in [-0.3, -0.25) is 14.9 Å². The molecule has 1 saturated heterocycles. The summed E-state index contributed by atoms with van der Waals surface area (Å²) < 4.78 is 23.4. The number of carbonyl (C=O) groups excluding carboxylic acids is 3. The fraction of sp³-hybridized carbons (Fsp3) is 0.400. The summed E-state index contributed by atoms with van der Waals surface area (Å²) in [6, 6.07) is 7.40. The van der Waals surface area contributed by atoms with Gasteiger partial charge in [0, 0.05) is 60.6 Å². The highest BCUT2D eigenvalue weighted by Gasteiger charge is 2.42. The second kappa shape index (κ2) is 12.8. The summed E-state index contributed by atoms with van der Waals surface area (Å²) in [6.07, 6.45) is 4.60. The van der Waals surface area contributed by atoms with Gasteiger partial charge in [-0.15, -0.1) is 11.3 Å². The maximum atomic E-state index is 15.8. The first-order chi connectivity index (χ1) is 23.4. The predicted octanol–water partition coefficient (Wildman–Crippen LogP) is 6.53. The maximum absolute atomic E-state index is 15.8. The Morgan fingerprint density at radius 2 is 1.94 bits per heavy atom. The van der Waals surface area contributed by atoms with Crippen molar-refractivity contribution >= 4 is 51.7 Å². The third-order valence-corrected chi connectivity index (χ3v) is 10.2. The fourth-order valence-electron chi connectivity index (χ4n) is 6.88. The molecular weight excluding hydrogens is 669 g/mol. The Balaban J connectivity index is 1.13. The summed E-state index contributed by atoms with van der Waals surface area (Å²) in [5, 5.41) is 5.45. The number of nitrogens with one attached hydrogen (secondary N) is 1. The largest absolute Gasteiger partial charge is 0.444 e. The first-order valence-electron chi connectivity index (χ1n) is 16.3. The zero-order valence-electron chi connectivity index (χ0n) is 27.7. The van der Waals surface area contributed by atoms with Crippen molar-refractivity contribution in [2.75, 3.05) is 29.9 Å². The summed E-state index contributed by atoms with van der Waals surface area (Å²) in [6.45, 7) is 9.84. The van der Waals surface area contributed by atoms with Gasteiger partial charge in [-0.05, 0) is 75.9 Å². The number of hydrogen-bond acceptors (Lipinski definition) is 8. The number of ether oxygens (including phenoxy) is 1. The Kier molecular flexibility index (Phi) is 8.60. The van der Waals surface area contributed by atoms with Gasteiger partial charge >= 0.3 is 6.09 Å². The van der Waals surface area contributed by atoms with Crippen molar-refractivity contribution in [3.05, 3.63) is 81.6 Å². The molecule has 2 aromatic carbocycles. The molecule has 5 heterocycles. The van der Waals surface area contributed by atoms with Crippen molar-refractivity contribution in [2.45, 2.75) is 71.3 Å². The number of halogens is 2. The molecule has 3 aliphatic rings. The highest BCUT2D eigenvalue weighted by molar-refractivity contribution is 7.13. The minimum absolute atomic E-state index is 0.0737. The van der Waals surface area contributed by atoms with Crippen LogP contribution < -0.4 is 10.2 Å². The average molecular weight is 706 g/mol. The van der Waals surface area contributed by atoms with E-state index in [0.29, 0.717) is 46.6 Å². The molecule has 1 unspecified atom stereocenters. The van der Waals surface area contributed by atoms with Gasteiger partial charge < -0.3 is 24.0 Å². The zero-order valence-corrected chi connectivity index (χ0v) is 29.3. The van der Waals surface area contributed by atoms with Gasteiger partial charge in [0.15, 0.2) is 11.2 Å². The van der Waals surface area contributed by atoms with E-state index in [-0.39, 0.29) is 29.8 Å². The molecule has 256 valence electrons. The number of rotatable bonds is 6. The Hall–Kier alpha value is -4.49. The number of aryl methyl sites for hydroxylation is 1. The third-order valence-electron chi connectivity index (χ3n) is 9.17. The minimum atomic E-state index is -1.06. The van der Waals surface area contributed by atoms with Crippen molar-refractivity contribution in [2.24, 2.45) is 0 Å². The number of benzene rings is 2. The van der Waals surface area contributed by atoms with E-state index in [1.54, 1.807) is 34.9 Å². The number of piperazine rings is 1. The molecule has 3 amide bonds. The lowest BCUT2D eigenvalue weighted by Gasteiger charge is -2.41. The van der Waals surface area contributed by atoms with Crippen molar-refractivity contribution in [1.29, 1.82) is 0 Å². The number of anilines is 2. The van der Waals surface area contributed by atoms with Gasteiger partial charge in [0.05, 0.1) is 29.3 Å². The molecule has 0 bridgehead atoms. The molecule has 2 atom stereocenters. The molecule has 0 saturated carbocycles. The molecule has 1 fully saturated rings. The van der Waals surface area contributed by atoms with Crippen LogP contribution in [-0.2, 0) is 29.0 Å². The minimum Gasteiger partial charge on any atom is -0.444 e. The Morgan fingerprint density at radius 1 is 1.12 bits per heavy atom. The number of aromatic nitrogens is 3. The van der Waals surface area contributed by atoms with E-state index in [1.165, 1.54) is 22.3 Å². The summed E-state index contributed by atoms with van der Waals surface area (Å²) in [5.74, 6) is -1.44. The molecule has 0 spiro atoms. The van der Waals surface area contributed by atoms with E-state index < -0.39 is 29.3 Å². The number of nitrogens with zero attached hydrogens (tertiary/aromatic N) is 6. The van der Waals surface area contributed by atoms with Crippen LogP contribution in [0.4, 0.5) is 20.0 Å². The van der Waals surface area contributed by atoms with Crippen LogP contribution in [0, 0.1) is 5.82 Å². The van der Waals surface area contributed by atoms with Crippen LogP contribution >= 0.6 is 22.9 Å². The fourth-order valence-corrected chi connectivity index (χ4v) is 7.71. The summed E-state index contributed by atoms with van der Waals surface area (Å²) in [4.78, 5) is 54.5. The van der Waals surface area contributed by atoms with Gasteiger partial charge in [0.2, 0.25) is 0 Å². The quantitative estimate of drug-likeness (QED) is 0.243. The van der Waals surface area contributed by atoms with E-state index in [9.17, 15) is 14.4 Å². The van der Waals surface area contributed by atoms with Crippen molar-refractivity contribution < 1.29 is 23.5 Å². The monoisotopic (exact) mass is 705 g/mol. The molecule has 2 aromatic heterocycles. The lowest BCUT2D eigenvalue weighted by Crippen LogP contribution is -2.55. The van der Waals surface area contributed by atoms with E-state index in [2.05, 4.69) is 20.2 Å². The number of carbonyl (C=O) groups is 3. The molecule has 4 aromatic rings. The number of fused-ring (bicyclic) bond motifs is 2. The van der Waals surface area contributed by atoms with E-state index in [4.69, 9.17) is 16.3 Å². The molecule has 49 heavy (non-hydrogen) atoms. The van der Waals surface area contributed by atoms with Crippen LogP contribution in [0.3, 0.4) is 0 Å². The Bertz CT molecular complexity index is 1940. The highest BCUT2D eigenvalue weighted by atomic mass is 35.5.